The van der Waals surface area contributed by atoms with E-state index in [4.69, 9.17) is 18.9 Å². The number of aliphatic hydroxyl groups excluding tert-OH is 4. The molecule has 0 aliphatic carbocycles. The molecule has 1 aliphatic rings. The maximum Gasteiger partial charge on any atom is 0.306 e. The standard InChI is InChI=1S/C48H86O10/c1-3-5-7-9-11-13-15-17-19-21-23-25-27-29-31-33-35-37-44(51)57-41(40-56-48-47(54)46(53)45(52)42(38-49)58-48)39-55-43(50)36-34-32-30-28-26-24-22-20-18-16-14-12-10-8-6-4-2/h5,7,11,13,17,19,41-42,45-49,52-54H,3-4,6,8-10,12,14-16,18,20-40H2,1-2H3/b7-5-,13-11-,19-17-. The minimum absolute atomic E-state index is 0.219. The number of esters is 2. The summed E-state index contributed by atoms with van der Waals surface area (Å²) in [6.45, 7) is 3.32. The van der Waals surface area contributed by atoms with Crippen LogP contribution in [0.25, 0.3) is 0 Å². The van der Waals surface area contributed by atoms with E-state index in [0.717, 1.165) is 64.2 Å². The van der Waals surface area contributed by atoms with Crippen molar-refractivity contribution in [2.24, 2.45) is 0 Å². The Labute approximate surface area is 353 Å². The first kappa shape index (κ1) is 53.9. The number of ether oxygens (including phenoxy) is 4. The summed E-state index contributed by atoms with van der Waals surface area (Å²) in [5.74, 6) is -0.811. The zero-order chi connectivity index (χ0) is 42.3. The minimum Gasteiger partial charge on any atom is -0.462 e. The van der Waals surface area contributed by atoms with Crippen LogP contribution in [-0.4, -0.2) is 89.0 Å². The van der Waals surface area contributed by atoms with Crippen LogP contribution in [0.15, 0.2) is 36.5 Å². The fraction of sp³-hybridized carbons (Fsp3) is 0.833. The fourth-order valence-corrected chi connectivity index (χ4v) is 7.09. The van der Waals surface area contributed by atoms with Gasteiger partial charge in [-0.05, 0) is 44.9 Å². The predicted octanol–water partition coefficient (Wildman–Crippen LogP) is 10.3. The van der Waals surface area contributed by atoms with Gasteiger partial charge in [0.05, 0.1) is 13.2 Å². The van der Waals surface area contributed by atoms with Gasteiger partial charge in [-0.15, -0.1) is 0 Å². The number of hydrogen-bond acceptors (Lipinski definition) is 10. The molecule has 0 saturated carbocycles. The number of carbonyl (C=O) groups is 2. The second kappa shape index (κ2) is 39.1. The molecule has 10 nitrogen and oxygen atoms in total. The molecule has 0 aromatic carbocycles. The Balaban J connectivity index is 2.31. The third-order valence-electron chi connectivity index (χ3n) is 10.8. The highest BCUT2D eigenvalue weighted by Gasteiger charge is 2.44. The highest BCUT2D eigenvalue weighted by atomic mass is 16.7. The van der Waals surface area contributed by atoms with Crippen LogP contribution in [0.4, 0.5) is 0 Å². The first-order chi connectivity index (χ1) is 28.3. The lowest BCUT2D eigenvalue weighted by Crippen LogP contribution is -2.59. The van der Waals surface area contributed by atoms with Gasteiger partial charge in [0.2, 0.25) is 0 Å². The van der Waals surface area contributed by atoms with Crippen LogP contribution in [-0.2, 0) is 28.5 Å². The first-order valence-electron chi connectivity index (χ1n) is 23.6. The molecular formula is C48H86O10. The average molecular weight is 823 g/mol. The molecule has 10 heteroatoms. The van der Waals surface area contributed by atoms with Crippen molar-refractivity contribution in [3.63, 3.8) is 0 Å². The summed E-state index contributed by atoms with van der Waals surface area (Å²) in [7, 11) is 0. The molecule has 1 rings (SSSR count). The summed E-state index contributed by atoms with van der Waals surface area (Å²) in [5.41, 5.74) is 0. The van der Waals surface area contributed by atoms with Gasteiger partial charge in [0.1, 0.15) is 31.0 Å². The summed E-state index contributed by atoms with van der Waals surface area (Å²) < 4.78 is 22.2. The molecule has 0 radical (unpaired) electrons. The Morgan fingerprint density at radius 3 is 1.53 bits per heavy atom. The molecule has 0 aromatic rings. The normalized spacial score (nSPS) is 20.4. The van der Waals surface area contributed by atoms with Crippen LogP contribution < -0.4 is 0 Å². The molecule has 1 fully saturated rings. The molecule has 58 heavy (non-hydrogen) atoms. The summed E-state index contributed by atoms with van der Waals surface area (Å²) in [6, 6.07) is 0. The average Bonchev–Trinajstić information content (AvgIpc) is 3.22. The van der Waals surface area contributed by atoms with Gasteiger partial charge < -0.3 is 39.4 Å². The van der Waals surface area contributed by atoms with Crippen molar-refractivity contribution >= 4 is 11.9 Å². The van der Waals surface area contributed by atoms with Crippen LogP contribution in [0.2, 0.25) is 0 Å². The highest BCUT2D eigenvalue weighted by molar-refractivity contribution is 5.70. The Hall–Kier alpha value is -2.08. The van der Waals surface area contributed by atoms with E-state index in [-0.39, 0.29) is 32.0 Å². The maximum absolute atomic E-state index is 12.8. The SMILES string of the molecule is CC/C=C\C/C=C\C/C=C\CCCCCCCCCC(=O)OC(COC(=O)CCCCCCCCCCCCCCCCCC)COC1OC(CO)C(O)C(O)C1O. The van der Waals surface area contributed by atoms with Gasteiger partial charge >= 0.3 is 11.9 Å². The molecule has 0 amide bonds. The van der Waals surface area contributed by atoms with E-state index >= 15 is 0 Å². The molecule has 0 bridgehead atoms. The summed E-state index contributed by atoms with van der Waals surface area (Å²) in [4.78, 5) is 25.4. The number of unbranched alkanes of at least 4 members (excludes halogenated alkanes) is 22. The van der Waals surface area contributed by atoms with Crippen LogP contribution in [0, 0.1) is 0 Å². The smallest absolute Gasteiger partial charge is 0.306 e. The van der Waals surface area contributed by atoms with Crippen LogP contribution in [0.3, 0.4) is 0 Å². The van der Waals surface area contributed by atoms with E-state index in [0.29, 0.717) is 6.42 Å². The molecule has 0 aromatic heterocycles. The molecule has 6 atom stereocenters. The Kier molecular flexibility index (Phi) is 36.3. The third kappa shape index (κ3) is 30.0. The molecular weight excluding hydrogens is 737 g/mol. The minimum atomic E-state index is -1.60. The van der Waals surface area contributed by atoms with Crippen molar-refractivity contribution < 1.29 is 49.0 Å². The van der Waals surface area contributed by atoms with Crippen LogP contribution >= 0.6 is 0 Å². The Morgan fingerprint density at radius 2 is 1.02 bits per heavy atom. The lowest BCUT2D eigenvalue weighted by Gasteiger charge is -2.39. The lowest BCUT2D eigenvalue weighted by atomic mass is 9.99. The van der Waals surface area contributed by atoms with Gasteiger partial charge in [-0.2, -0.15) is 0 Å². The van der Waals surface area contributed by atoms with Crippen molar-refractivity contribution in [3.05, 3.63) is 36.5 Å². The molecule has 338 valence electrons. The molecule has 1 aliphatic heterocycles. The van der Waals surface area contributed by atoms with Crippen molar-refractivity contribution in [1.29, 1.82) is 0 Å². The summed E-state index contributed by atoms with van der Waals surface area (Å²) in [6.07, 6.45) is 37.2. The first-order valence-corrected chi connectivity index (χ1v) is 23.6. The number of carbonyl (C=O) groups excluding carboxylic acids is 2. The van der Waals surface area contributed by atoms with E-state index < -0.39 is 49.4 Å². The van der Waals surface area contributed by atoms with Gasteiger partial charge in [-0.1, -0.05) is 179 Å². The van der Waals surface area contributed by atoms with E-state index in [1.807, 2.05) is 0 Å². The zero-order valence-corrected chi connectivity index (χ0v) is 36.8. The predicted molar refractivity (Wildman–Crippen MR) is 233 cm³/mol. The number of rotatable bonds is 39. The van der Waals surface area contributed by atoms with Crippen molar-refractivity contribution in [2.75, 3.05) is 19.8 Å². The molecule has 6 unspecified atom stereocenters. The number of aliphatic hydroxyl groups is 4. The van der Waals surface area contributed by atoms with E-state index in [2.05, 4.69) is 50.3 Å². The van der Waals surface area contributed by atoms with Gasteiger partial charge in [0, 0.05) is 12.8 Å². The van der Waals surface area contributed by atoms with Gasteiger partial charge in [0.15, 0.2) is 12.4 Å². The molecule has 0 spiro atoms. The summed E-state index contributed by atoms with van der Waals surface area (Å²) >= 11 is 0. The van der Waals surface area contributed by atoms with Crippen molar-refractivity contribution in [3.8, 4) is 0 Å². The largest absolute Gasteiger partial charge is 0.462 e. The van der Waals surface area contributed by atoms with E-state index in [9.17, 15) is 30.0 Å². The topological polar surface area (TPSA) is 152 Å². The molecule has 1 heterocycles. The monoisotopic (exact) mass is 823 g/mol. The highest BCUT2D eigenvalue weighted by Crippen LogP contribution is 2.23. The quantitative estimate of drug-likeness (QED) is 0.0268. The van der Waals surface area contributed by atoms with Crippen molar-refractivity contribution in [1.82, 2.24) is 0 Å². The molecule has 1 saturated heterocycles. The molecule has 4 N–H and O–H groups in total. The Morgan fingerprint density at radius 1 is 0.552 bits per heavy atom. The second-order valence-electron chi connectivity index (χ2n) is 16.2. The van der Waals surface area contributed by atoms with Gasteiger partial charge in [-0.25, -0.2) is 0 Å². The van der Waals surface area contributed by atoms with E-state index in [1.54, 1.807) is 0 Å². The second-order valence-corrected chi connectivity index (χ2v) is 16.2. The fourth-order valence-electron chi connectivity index (χ4n) is 7.09. The number of hydrogen-bond donors (Lipinski definition) is 4. The van der Waals surface area contributed by atoms with Crippen LogP contribution in [0.1, 0.15) is 200 Å². The third-order valence-corrected chi connectivity index (χ3v) is 10.8. The maximum atomic E-state index is 12.8. The van der Waals surface area contributed by atoms with E-state index in [1.165, 1.54) is 103 Å². The number of allylic oxidation sites excluding steroid dienone is 6. The Bertz CT molecular complexity index is 1040. The lowest BCUT2D eigenvalue weighted by molar-refractivity contribution is -0.305. The summed E-state index contributed by atoms with van der Waals surface area (Å²) in [5, 5.41) is 40.1. The van der Waals surface area contributed by atoms with Gasteiger partial charge in [-0.3, -0.25) is 9.59 Å². The van der Waals surface area contributed by atoms with Crippen LogP contribution in [0.5, 0.6) is 0 Å². The van der Waals surface area contributed by atoms with Gasteiger partial charge in [0.25, 0.3) is 0 Å². The van der Waals surface area contributed by atoms with Crippen molar-refractivity contribution in [2.45, 2.75) is 237 Å². The zero-order valence-electron chi connectivity index (χ0n) is 36.8.